The fraction of sp³-hybridized carbons (Fsp3) is 0.333. The summed E-state index contributed by atoms with van der Waals surface area (Å²) < 4.78 is 39.3. The number of hydrogen-bond donors (Lipinski definition) is 0. The van der Waals surface area contributed by atoms with Crippen LogP contribution in [0.25, 0.3) is 0 Å². The van der Waals surface area contributed by atoms with Crippen molar-refractivity contribution in [1.82, 2.24) is 4.90 Å². The zero-order valence-corrected chi connectivity index (χ0v) is 16.5. The fourth-order valence-corrected chi connectivity index (χ4v) is 3.45. The van der Waals surface area contributed by atoms with Gasteiger partial charge in [0.1, 0.15) is 0 Å². The molecule has 0 radical (unpaired) electrons. The molecule has 0 saturated carbocycles. The van der Waals surface area contributed by atoms with E-state index in [0.717, 1.165) is 5.56 Å². The summed E-state index contributed by atoms with van der Waals surface area (Å²) in [5.41, 5.74) is -0.560. The van der Waals surface area contributed by atoms with Crippen LogP contribution in [-0.2, 0) is 26.4 Å². The van der Waals surface area contributed by atoms with Crippen LogP contribution in [0.3, 0.4) is 0 Å². The second-order valence-electron chi connectivity index (χ2n) is 6.81. The molecule has 1 aliphatic heterocycles. The van der Waals surface area contributed by atoms with Crippen molar-refractivity contribution in [2.24, 2.45) is 0 Å². The Morgan fingerprint density at radius 1 is 1.21 bits per heavy atom. The van der Waals surface area contributed by atoms with E-state index in [-0.39, 0.29) is 19.7 Å². The number of ether oxygens (including phenoxy) is 2. The minimum atomic E-state index is -3.83. The third-order valence-corrected chi connectivity index (χ3v) is 4.91. The standard InChI is InChI=1S/C21H20ClF2NO4/c1-2-28-18(26)21(23,24)13-20(16-8-10-17(22)11-9-16)14-25(19(27)29-20)12-15-6-4-3-5-7-15/h3-11H,2,12-14H2,1H3. The monoisotopic (exact) mass is 423 g/mol. The van der Waals surface area contributed by atoms with E-state index < -0.39 is 30.0 Å². The first-order valence-electron chi connectivity index (χ1n) is 9.09. The van der Waals surface area contributed by atoms with Crippen LogP contribution >= 0.6 is 11.6 Å². The zero-order valence-electron chi connectivity index (χ0n) is 15.7. The van der Waals surface area contributed by atoms with E-state index in [4.69, 9.17) is 16.3 Å². The Hall–Kier alpha value is -2.67. The Labute approximate surface area is 172 Å². The molecule has 1 fully saturated rings. The minimum absolute atomic E-state index is 0.142. The van der Waals surface area contributed by atoms with E-state index >= 15 is 0 Å². The van der Waals surface area contributed by atoms with E-state index in [1.165, 1.54) is 36.1 Å². The van der Waals surface area contributed by atoms with Gasteiger partial charge in [-0.3, -0.25) is 4.90 Å². The van der Waals surface area contributed by atoms with Crippen LogP contribution in [0.15, 0.2) is 54.6 Å². The predicted molar refractivity (Wildman–Crippen MR) is 103 cm³/mol. The maximum absolute atomic E-state index is 14.6. The second kappa shape index (κ2) is 8.37. The molecule has 0 aliphatic carbocycles. The van der Waals surface area contributed by atoms with Gasteiger partial charge in [0.05, 0.1) is 19.6 Å². The number of hydrogen-bond acceptors (Lipinski definition) is 4. The van der Waals surface area contributed by atoms with Gasteiger partial charge < -0.3 is 9.47 Å². The van der Waals surface area contributed by atoms with Gasteiger partial charge in [0.25, 0.3) is 0 Å². The molecule has 0 aromatic heterocycles. The van der Waals surface area contributed by atoms with Crippen molar-refractivity contribution in [3.8, 4) is 0 Å². The lowest BCUT2D eigenvalue weighted by molar-refractivity contribution is -0.179. The summed E-state index contributed by atoms with van der Waals surface area (Å²) >= 11 is 5.91. The predicted octanol–water partition coefficient (Wildman–Crippen LogP) is 4.78. The lowest BCUT2D eigenvalue weighted by Crippen LogP contribution is -2.42. The number of rotatable bonds is 7. The molecule has 1 heterocycles. The summed E-state index contributed by atoms with van der Waals surface area (Å²) in [5, 5.41) is 0.409. The molecule has 2 aromatic rings. The van der Waals surface area contributed by atoms with Gasteiger partial charge in [-0.15, -0.1) is 0 Å². The Morgan fingerprint density at radius 3 is 2.48 bits per heavy atom. The summed E-state index contributed by atoms with van der Waals surface area (Å²) in [6, 6.07) is 15.2. The molecular formula is C21H20ClF2NO4. The maximum Gasteiger partial charge on any atom is 0.411 e. The molecule has 8 heteroatoms. The van der Waals surface area contributed by atoms with Crippen LogP contribution in [0.4, 0.5) is 13.6 Å². The molecule has 1 aliphatic rings. The van der Waals surface area contributed by atoms with Gasteiger partial charge in [-0.1, -0.05) is 54.1 Å². The largest absolute Gasteiger partial charge is 0.462 e. The van der Waals surface area contributed by atoms with Crippen molar-refractivity contribution in [2.45, 2.75) is 31.4 Å². The molecule has 1 atom stereocenters. The van der Waals surface area contributed by atoms with E-state index in [1.807, 2.05) is 30.3 Å². The highest BCUT2D eigenvalue weighted by molar-refractivity contribution is 6.30. The first-order valence-corrected chi connectivity index (χ1v) is 9.46. The normalized spacial score (nSPS) is 19.2. The molecule has 1 unspecified atom stereocenters. The molecule has 1 saturated heterocycles. The van der Waals surface area contributed by atoms with Gasteiger partial charge in [0.15, 0.2) is 5.60 Å². The first kappa shape index (κ1) is 21.0. The molecule has 0 spiro atoms. The Balaban J connectivity index is 1.93. The third-order valence-electron chi connectivity index (χ3n) is 4.66. The number of benzene rings is 2. The van der Waals surface area contributed by atoms with Crippen LogP contribution in [0, 0.1) is 0 Å². The fourth-order valence-electron chi connectivity index (χ4n) is 3.33. The van der Waals surface area contributed by atoms with Crippen LogP contribution in [0.5, 0.6) is 0 Å². The number of nitrogens with zero attached hydrogens (tertiary/aromatic N) is 1. The molecule has 1 amide bonds. The average Bonchev–Trinajstić information content (AvgIpc) is 2.98. The van der Waals surface area contributed by atoms with Gasteiger partial charge in [0.2, 0.25) is 0 Å². The highest BCUT2D eigenvalue weighted by Gasteiger charge is 2.56. The van der Waals surface area contributed by atoms with Crippen molar-refractivity contribution in [3.63, 3.8) is 0 Å². The lowest BCUT2D eigenvalue weighted by Gasteiger charge is -2.30. The smallest absolute Gasteiger partial charge is 0.411 e. The summed E-state index contributed by atoms with van der Waals surface area (Å²) in [4.78, 5) is 25.7. The summed E-state index contributed by atoms with van der Waals surface area (Å²) in [6.45, 7) is 1.32. The Kier molecular flexibility index (Phi) is 6.07. The van der Waals surface area contributed by atoms with Crippen LogP contribution in [0.2, 0.25) is 5.02 Å². The van der Waals surface area contributed by atoms with Gasteiger partial charge in [-0.25, -0.2) is 9.59 Å². The van der Waals surface area contributed by atoms with E-state index in [0.29, 0.717) is 10.6 Å². The van der Waals surface area contributed by atoms with E-state index in [2.05, 4.69) is 4.74 Å². The maximum atomic E-state index is 14.6. The molecule has 29 heavy (non-hydrogen) atoms. The van der Waals surface area contributed by atoms with Crippen molar-refractivity contribution >= 4 is 23.7 Å². The molecule has 0 bridgehead atoms. The van der Waals surface area contributed by atoms with E-state index in [1.54, 1.807) is 0 Å². The van der Waals surface area contributed by atoms with Crippen LogP contribution in [-0.4, -0.2) is 36.0 Å². The average molecular weight is 424 g/mol. The molecular weight excluding hydrogens is 404 g/mol. The molecule has 3 rings (SSSR count). The van der Waals surface area contributed by atoms with Crippen LogP contribution in [0.1, 0.15) is 24.5 Å². The molecule has 2 aromatic carbocycles. The molecule has 154 valence electrons. The van der Waals surface area contributed by atoms with Crippen molar-refractivity contribution in [2.75, 3.05) is 13.2 Å². The number of esters is 1. The quantitative estimate of drug-likeness (QED) is 0.601. The Bertz CT molecular complexity index is 876. The third kappa shape index (κ3) is 4.67. The van der Waals surface area contributed by atoms with Crippen LogP contribution < -0.4 is 0 Å². The topological polar surface area (TPSA) is 55.8 Å². The van der Waals surface area contributed by atoms with Gasteiger partial charge >= 0.3 is 18.0 Å². The minimum Gasteiger partial charge on any atom is -0.462 e. The van der Waals surface area contributed by atoms with E-state index in [9.17, 15) is 18.4 Å². The van der Waals surface area contributed by atoms with Gasteiger partial charge in [0, 0.05) is 11.6 Å². The van der Waals surface area contributed by atoms with Crippen molar-refractivity contribution in [1.29, 1.82) is 0 Å². The number of alkyl halides is 2. The molecule has 0 N–H and O–H groups in total. The van der Waals surface area contributed by atoms with Gasteiger partial charge in [-0.2, -0.15) is 8.78 Å². The Morgan fingerprint density at radius 2 is 1.86 bits per heavy atom. The number of cyclic esters (lactones) is 1. The first-order chi connectivity index (χ1) is 13.8. The van der Waals surface area contributed by atoms with Crippen molar-refractivity contribution in [3.05, 3.63) is 70.7 Å². The number of halogens is 3. The number of carbonyl (C=O) groups excluding carboxylic acids is 2. The summed E-state index contributed by atoms with van der Waals surface area (Å²) in [7, 11) is 0. The van der Waals surface area contributed by atoms with Crippen molar-refractivity contribution < 1.29 is 27.8 Å². The number of carbonyl (C=O) groups is 2. The summed E-state index contributed by atoms with van der Waals surface area (Å²) in [5.74, 6) is -5.48. The lowest BCUT2D eigenvalue weighted by atomic mass is 9.87. The SMILES string of the molecule is CCOC(=O)C(F)(F)CC1(c2ccc(Cl)cc2)CN(Cc2ccccc2)C(=O)O1. The second-order valence-corrected chi connectivity index (χ2v) is 7.25. The highest BCUT2D eigenvalue weighted by atomic mass is 35.5. The number of amides is 1. The van der Waals surface area contributed by atoms with Gasteiger partial charge in [-0.05, 0) is 30.2 Å². The zero-order chi connectivity index (χ0) is 21.1. The summed E-state index contributed by atoms with van der Waals surface area (Å²) in [6.07, 6.45) is -1.76. The highest BCUT2D eigenvalue weighted by Crippen LogP contribution is 2.43. The molecule has 5 nitrogen and oxygen atoms in total.